The summed E-state index contributed by atoms with van der Waals surface area (Å²) in [5, 5.41) is 18.8. The van der Waals surface area contributed by atoms with Gasteiger partial charge in [-0.05, 0) is 34.9 Å². The molecular weight excluding hydrogens is 328 g/mol. The van der Waals surface area contributed by atoms with E-state index >= 15 is 0 Å². The Balaban J connectivity index is 2.22. The van der Waals surface area contributed by atoms with E-state index < -0.39 is 5.56 Å². The number of anilines is 1. The molecule has 0 radical (unpaired) electrons. The fourth-order valence-electron chi connectivity index (χ4n) is 2.77. The van der Waals surface area contributed by atoms with Gasteiger partial charge in [-0.3, -0.25) is 4.79 Å². The molecule has 0 unspecified atom stereocenters. The van der Waals surface area contributed by atoms with Gasteiger partial charge in [0.15, 0.2) is 0 Å². The summed E-state index contributed by atoms with van der Waals surface area (Å²) in [6.07, 6.45) is 0. The van der Waals surface area contributed by atoms with Crippen molar-refractivity contribution in [3.05, 3.63) is 70.0 Å². The molecule has 0 fully saturated rings. The lowest BCUT2D eigenvalue weighted by molar-refractivity contribution is 0.415. The van der Waals surface area contributed by atoms with Crippen LogP contribution in [0.1, 0.15) is 11.1 Å². The Morgan fingerprint density at radius 1 is 0.962 bits per heavy atom. The normalized spacial score (nSPS) is 9.96. The molecule has 0 atom stereocenters. The van der Waals surface area contributed by atoms with E-state index in [9.17, 15) is 15.3 Å². The standard InChI is InChI=1S/C20H14N4O2/c1-26-15-7-5-12(6-8-15)13-3-2-4-14(9-13)18-16(10-21)19(23)24-20(25)17(18)11-22/h2-9H,1H3,(H3,23,24,25). The molecule has 1 aromatic heterocycles. The number of nitrogen functional groups attached to an aromatic ring is 1. The minimum atomic E-state index is -0.617. The second kappa shape index (κ2) is 6.84. The molecule has 0 amide bonds. The van der Waals surface area contributed by atoms with Crippen molar-refractivity contribution < 1.29 is 4.74 Å². The van der Waals surface area contributed by atoms with Crippen LogP contribution in [0, 0.1) is 22.7 Å². The molecule has 0 aliphatic rings. The first kappa shape index (κ1) is 16.8. The van der Waals surface area contributed by atoms with Crippen LogP contribution in [0.25, 0.3) is 22.3 Å². The summed E-state index contributed by atoms with van der Waals surface area (Å²) in [5.41, 5.74) is 7.72. The number of pyridine rings is 1. The molecule has 0 aliphatic heterocycles. The van der Waals surface area contributed by atoms with Crippen LogP contribution in [-0.4, -0.2) is 12.1 Å². The molecule has 3 aromatic rings. The zero-order chi connectivity index (χ0) is 18.7. The van der Waals surface area contributed by atoms with Gasteiger partial charge in [0, 0.05) is 5.56 Å². The molecule has 26 heavy (non-hydrogen) atoms. The topological polar surface area (TPSA) is 116 Å². The largest absolute Gasteiger partial charge is 0.497 e. The molecule has 0 saturated heterocycles. The molecular formula is C20H14N4O2. The number of rotatable bonds is 3. The Morgan fingerprint density at radius 2 is 1.62 bits per heavy atom. The maximum Gasteiger partial charge on any atom is 0.268 e. The monoisotopic (exact) mass is 342 g/mol. The Morgan fingerprint density at radius 3 is 2.23 bits per heavy atom. The van der Waals surface area contributed by atoms with E-state index in [1.54, 1.807) is 19.2 Å². The second-order valence-electron chi connectivity index (χ2n) is 5.53. The number of methoxy groups -OCH3 is 1. The van der Waals surface area contributed by atoms with Gasteiger partial charge in [-0.15, -0.1) is 0 Å². The number of aromatic amines is 1. The minimum Gasteiger partial charge on any atom is -0.497 e. The first-order chi connectivity index (χ1) is 12.6. The predicted octanol–water partition coefficient (Wildman–Crippen LogP) is 3.04. The van der Waals surface area contributed by atoms with Gasteiger partial charge in [-0.1, -0.05) is 30.3 Å². The summed E-state index contributed by atoms with van der Waals surface area (Å²) in [5.74, 6) is 0.687. The van der Waals surface area contributed by atoms with E-state index in [0.29, 0.717) is 5.56 Å². The van der Waals surface area contributed by atoms with Crippen LogP contribution in [0.2, 0.25) is 0 Å². The number of hydrogen-bond donors (Lipinski definition) is 2. The number of H-pyrrole nitrogens is 1. The van der Waals surface area contributed by atoms with Gasteiger partial charge in [0.25, 0.3) is 5.56 Å². The highest BCUT2D eigenvalue weighted by Crippen LogP contribution is 2.31. The van der Waals surface area contributed by atoms with E-state index in [4.69, 9.17) is 10.5 Å². The highest BCUT2D eigenvalue weighted by molar-refractivity contribution is 5.82. The van der Waals surface area contributed by atoms with Crippen molar-refractivity contribution in [2.45, 2.75) is 0 Å². The number of hydrogen-bond acceptors (Lipinski definition) is 5. The Kier molecular flexibility index (Phi) is 4.42. The summed E-state index contributed by atoms with van der Waals surface area (Å²) in [7, 11) is 1.60. The van der Waals surface area contributed by atoms with Gasteiger partial charge in [0.05, 0.1) is 7.11 Å². The molecule has 3 N–H and O–H groups in total. The van der Waals surface area contributed by atoms with Gasteiger partial charge in [-0.25, -0.2) is 0 Å². The van der Waals surface area contributed by atoms with Crippen LogP contribution in [0.15, 0.2) is 53.3 Å². The third kappa shape index (κ3) is 2.88. The van der Waals surface area contributed by atoms with Gasteiger partial charge in [0.2, 0.25) is 0 Å². The van der Waals surface area contributed by atoms with Crippen molar-refractivity contribution in [3.63, 3.8) is 0 Å². The molecule has 126 valence electrons. The maximum absolute atomic E-state index is 12.1. The van der Waals surface area contributed by atoms with Crippen LogP contribution in [0.5, 0.6) is 5.75 Å². The second-order valence-corrected chi connectivity index (χ2v) is 5.53. The zero-order valence-corrected chi connectivity index (χ0v) is 13.9. The first-order valence-corrected chi connectivity index (χ1v) is 7.70. The lowest BCUT2D eigenvalue weighted by Gasteiger charge is -2.11. The molecule has 6 nitrogen and oxygen atoms in total. The van der Waals surface area contributed by atoms with Crippen molar-refractivity contribution in [1.29, 1.82) is 10.5 Å². The summed E-state index contributed by atoms with van der Waals surface area (Å²) in [4.78, 5) is 14.4. The molecule has 2 aromatic carbocycles. The first-order valence-electron chi connectivity index (χ1n) is 7.70. The van der Waals surface area contributed by atoms with Gasteiger partial charge in [0.1, 0.15) is 34.8 Å². The number of nitrogens with two attached hydrogens (primary N) is 1. The molecule has 0 aliphatic carbocycles. The average Bonchev–Trinajstić information content (AvgIpc) is 2.67. The highest BCUT2D eigenvalue weighted by atomic mass is 16.5. The fraction of sp³-hybridized carbons (Fsp3) is 0.0500. The molecule has 3 rings (SSSR count). The van der Waals surface area contributed by atoms with Gasteiger partial charge < -0.3 is 15.5 Å². The molecule has 1 heterocycles. The Bertz CT molecular complexity index is 1120. The SMILES string of the molecule is COc1ccc(-c2cccc(-c3c(C#N)c(N)[nH]c(=O)c3C#N)c2)cc1. The quantitative estimate of drug-likeness (QED) is 0.759. The average molecular weight is 342 g/mol. The van der Waals surface area contributed by atoms with Gasteiger partial charge >= 0.3 is 0 Å². The van der Waals surface area contributed by atoms with E-state index in [2.05, 4.69) is 4.98 Å². The lowest BCUT2D eigenvalue weighted by atomic mass is 9.94. The molecule has 0 bridgehead atoms. The van der Waals surface area contributed by atoms with Crippen molar-refractivity contribution in [1.82, 2.24) is 4.98 Å². The number of benzene rings is 2. The zero-order valence-electron chi connectivity index (χ0n) is 13.9. The third-order valence-electron chi connectivity index (χ3n) is 4.04. The van der Waals surface area contributed by atoms with Crippen LogP contribution in [0.3, 0.4) is 0 Å². The number of nitriles is 2. The molecule has 6 heteroatoms. The predicted molar refractivity (Wildman–Crippen MR) is 98.3 cm³/mol. The maximum atomic E-state index is 12.1. The highest BCUT2D eigenvalue weighted by Gasteiger charge is 2.18. The van der Waals surface area contributed by atoms with Crippen molar-refractivity contribution in [2.75, 3.05) is 12.8 Å². The van der Waals surface area contributed by atoms with Crippen LogP contribution < -0.4 is 16.0 Å². The number of nitrogens with zero attached hydrogens (tertiary/aromatic N) is 2. The number of ether oxygens (including phenoxy) is 1. The van der Waals surface area contributed by atoms with Gasteiger partial charge in [-0.2, -0.15) is 10.5 Å². The van der Waals surface area contributed by atoms with E-state index in [0.717, 1.165) is 16.9 Å². The fourth-order valence-corrected chi connectivity index (χ4v) is 2.77. The molecule has 0 saturated carbocycles. The summed E-state index contributed by atoms with van der Waals surface area (Å²) >= 11 is 0. The lowest BCUT2D eigenvalue weighted by Crippen LogP contribution is -2.16. The third-order valence-corrected chi connectivity index (χ3v) is 4.04. The summed E-state index contributed by atoms with van der Waals surface area (Å²) < 4.78 is 5.16. The van der Waals surface area contributed by atoms with Crippen LogP contribution in [0.4, 0.5) is 5.82 Å². The summed E-state index contributed by atoms with van der Waals surface area (Å²) in [6.45, 7) is 0. The number of nitrogens with one attached hydrogen (secondary N) is 1. The van der Waals surface area contributed by atoms with E-state index in [1.165, 1.54) is 0 Å². The van der Waals surface area contributed by atoms with Crippen LogP contribution >= 0.6 is 0 Å². The van der Waals surface area contributed by atoms with Crippen molar-refractivity contribution in [3.8, 4) is 40.1 Å². The van der Waals surface area contributed by atoms with E-state index in [-0.39, 0.29) is 22.5 Å². The smallest absolute Gasteiger partial charge is 0.268 e. The number of aromatic nitrogens is 1. The Hall–Kier alpha value is -4.03. The summed E-state index contributed by atoms with van der Waals surface area (Å²) in [6, 6.07) is 18.6. The minimum absolute atomic E-state index is 0.0543. The van der Waals surface area contributed by atoms with E-state index in [1.807, 2.05) is 48.5 Å². The van der Waals surface area contributed by atoms with Crippen molar-refractivity contribution >= 4 is 5.82 Å². The van der Waals surface area contributed by atoms with Crippen LogP contribution in [-0.2, 0) is 0 Å². The van der Waals surface area contributed by atoms with Crippen molar-refractivity contribution in [2.24, 2.45) is 0 Å². The molecule has 0 spiro atoms. The Labute approximate surface area is 149 Å².